The highest BCUT2D eigenvalue weighted by Crippen LogP contribution is 2.44. The van der Waals surface area contributed by atoms with E-state index in [4.69, 9.17) is 14.4 Å². The van der Waals surface area contributed by atoms with Crippen molar-refractivity contribution in [3.63, 3.8) is 0 Å². The average Bonchev–Trinajstić information content (AvgIpc) is 4.10. The monoisotopic (exact) mass is 823 g/mol. The van der Waals surface area contributed by atoms with E-state index in [0.29, 0.717) is 0 Å². The van der Waals surface area contributed by atoms with Gasteiger partial charge in [0.1, 0.15) is 22.8 Å². The van der Waals surface area contributed by atoms with Gasteiger partial charge in [0.25, 0.3) is 0 Å². The number of nitrogens with zero attached hydrogens (tertiary/aromatic N) is 4. The van der Waals surface area contributed by atoms with E-state index in [1.165, 1.54) is 38.4 Å². The molecule has 0 spiro atoms. The zero-order valence-corrected chi connectivity index (χ0v) is 35.6. The van der Waals surface area contributed by atoms with E-state index < -0.39 is 0 Å². The number of imidazole rings is 1. The highest BCUT2D eigenvalue weighted by Gasteiger charge is 2.26. The van der Waals surface area contributed by atoms with Crippen molar-refractivity contribution >= 4 is 76.6 Å². The number of hydrogen-bond acceptors (Lipinski definition) is 3. The number of nitrogens with one attached hydrogen (secondary N) is 1. The molecule has 304 valence electrons. The number of furan rings is 1. The summed E-state index contributed by atoms with van der Waals surface area (Å²) in [5.41, 5.74) is 15.7. The van der Waals surface area contributed by atoms with Gasteiger partial charge in [-0.3, -0.25) is 9.13 Å². The summed E-state index contributed by atoms with van der Waals surface area (Å²) in [6.07, 6.45) is 1.89. The van der Waals surface area contributed by atoms with Crippen LogP contribution in [0.4, 0.5) is 0 Å². The van der Waals surface area contributed by atoms with Crippen molar-refractivity contribution in [2.75, 3.05) is 0 Å². The van der Waals surface area contributed by atoms with E-state index in [1.54, 1.807) is 0 Å². The number of H-pyrrole nitrogens is 1. The van der Waals surface area contributed by atoms with Gasteiger partial charge in [-0.15, -0.1) is 0 Å². The van der Waals surface area contributed by atoms with Gasteiger partial charge in [-0.2, -0.15) is 0 Å². The fraction of sp³-hybridized carbons (Fsp3) is 0.0690. The molecule has 0 saturated carbocycles. The molecule has 0 aliphatic carbocycles. The lowest BCUT2D eigenvalue weighted by Gasteiger charge is -2.23. The number of para-hydroxylation sites is 4. The molecule has 0 aliphatic heterocycles. The van der Waals surface area contributed by atoms with Crippen LogP contribution in [0, 0.1) is 0 Å². The fourth-order valence-corrected chi connectivity index (χ4v) is 10.1. The normalized spacial score (nSPS) is 12.3. The Morgan fingerprint density at radius 1 is 0.500 bits per heavy atom. The highest BCUT2D eigenvalue weighted by atomic mass is 16.3. The van der Waals surface area contributed by atoms with Crippen LogP contribution in [0.3, 0.4) is 0 Å². The molecule has 0 bridgehead atoms. The molecule has 5 aromatic heterocycles. The van der Waals surface area contributed by atoms with Crippen LogP contribution in [0.15, 0.2) is 193 Å². The number of aromatic nitrogens is 5. The smallest absolute Gasteiger partial charge is 0.147 e. The number of rotatable bonds is 5. The maximum atomic E-state index is 6.48. The lowest BCUT2D eigenvalue weighted by atomic mass is 9.83. The van der Waals surface area contributed by atoms with Gasteiger partial charge in [0, 0.05) is 61.2 Å². The molecule has 6 nitrogen and oxygen atoms in total. The van der Waals surface area contributed by atoms with E-state index >= 15 is 0 Å². The Morgan fingerprint density at radius 2 is 1.25 bits per heavy atom. The van der Waals surface area contributed by atoms with Crippen LogP contribution in [0.1, 0.15) is 26.3 Å². The van der Waals surface area contributed by atoms with E-state index in [1.807, 2.05) is 24.4 Å². The SMILES string of the molecule is CC(C)(C)c1cc(-c2ccccc2)cc2c3ccc(-c4cccc5c4nc(-c4cccc6c4[nH]c4ccccc46)n5-c4ccc5c(c4)oc4ccccc45)cc3n(-c3ccccn3)c12. The topological polar surface area (TPSA) is 64.6 Å². The van der Waals surface area contributed by atoms with E-state index in [0.717, 1.165) is 88.9 Å². The molecule has 64 heavy (non-hydrogen) atoms. The van der Waals surface area contributed by atoms with E-state index in [2.05, 4.69) is 199 Å². The Morgan fingerprint density at radius 3 is 2.11 bits per heavy atom. The van der Waals surface area contributed by atoms with Crippen molar-refractivity contribution in [1.29, 1.82) is 0 Å². The highest BCUT2D eigenvalue weighted by molar-refractivity contribution is 6.14. The molecule has 0 fully saturated rings. The largest absolute Gasteiger partial charge is 0.456 e. The van der Waals surface area contributed by atoms with Crippen molar-refractivity contribution in [3.8, 4) is 45.1 Å². The molecule has 0 unspecified atom stereocenters. The Kier molecular flexibility index (Phi) is 7.76. The van der Waals surface area contributed by atoms with Gasteiger partial charge in [0.2, 0.25) is 0 Å². The van der Waals surface area contributed by atoms with Gasteiger partial charge >= 0.3 is 0 Å². The maximum Gasteiger partial charge on any atom is 0.147 e. The minimum absolute atomic E-state index is 0.152. The standard InChI is InChI=1S/C58H41N5O/c1-58(2,3)47-32-37(35-15-5-4-6-16-35)31-46-41-28-26-36(33-50(41)63(56(46)47)53-25-11-12-30-59-53)39-19-14-23-49-55(39)61-57(45-21-13-20-44-40-17-7-9-22-48(40)60-54(44)45)62(49)38-27-29-43-42-18-8-10-24-51(42)64-52(43)34-38/h4-34,60H,1-3H3. The maximum absolute atomic E-state index is 6.48. The third kappa shape index (κ3) is 5.45. The van der Waals surface area contributed by atoms with Gasteiger partial charge in [-0.05, 0) is 94.4 Å². The van der Waals surface area contributed by atoms with Crippen molar-refractivity contribution < 1.29 is 4.42 Å². The molecule has 0 radical (unpaired) electrons. The zero-order chi connectivity index (χ0) is 42.7. The molecule has 1 N–H and O–H groups in total. The lowest BCUT2D eigenvalue weighted by molar-refractivity contribution is 0.594. The minimum Gasteiger partial charge on any atom is -0.456 e. The van der Waals surface area contributed by atoms with Crippen LogP contribution >= 0.6 is 0 Å². The first kappa shape index (κ1) is 36.4. The molecule has 13 rings (SSSR count). The first-order chi connectivity index (χ1) is 31.4. The second-order valence-corrected chi connectivity index (χ2v) is 17.9. The fourth-order valence-electron chi connectivity index (χ4n) is 10.1. The van der Waals surface area contributed by atoms with Crippen LogP contribution in [-0.2, 0) is 5.41 Å². The average molecular weight is 824 g/mol. The van der Waals surface area contributed by atoms with Gasteiger partial charge in [0.15, 0.2) is 0 Å². The quantitative estimate of drug-likeness (QED) is 0.188. The predicted octanol–water partition coefficient (Wildman–Crippen LogP) is 15.3. The molecule has 0 amide bonds. The van der Waals surface area contributed by atoms with Gasteiger partial charge < -0.3 is 9.40 Å². The molecular weight excluding hydrogens is 783 g/mol. The summed E-state index contributed by atoms with van der Waals surface area (Å²) in [5.74, 6) is 1.73. The third-order valence-corrected chi connectivity index (χ3v) is 13.1. The first-order valence-electron chi connectivity index (χ1n) is 21.9. The number of fused-ring (bicyclic) bond motifs is 10. The number of pyridine rings is 1. The van der Waals surface area contributed by atoms with Gasteiger partial charge in [-0.25, -0.2) is 9.97 Å². The third-order valence-electron chi connectivity index (χ3n) is 13.1. The van der Waals surface area contributed by atoms with Crippen LogP contribution in [0.2, 0.25) is 0 Å². The van der Waals surface area contributed by atoms with Crippen LogP contribution in [-0.4, -0.2) is 24.1 Å². The lowest BCUT2D eigenvalue weighted by Crippen LogP contribution is -2.14. The summed E-state index contributed by atoms with van der Waals surface area (Å²) in [7, 11) is 0. The van der Waals surface area contributed by atoms with E-state index in [-0.39, 0.29) is 5.41 Å². The summed E-state index contributed by atoms with van der Waals surface area (Å²) in [5, 5.41) is 6.93. The predicted molar refractivity (Wildman–Crippen MR) is 265 cm³/mol. The Hall–Kier alpha value is -8.22. The first-order valence-corrected chi connectivity index (χ1v) is 21.9. The minimum atomic E-state index is -0.152. The van der Waals surface area contributed by atoms with Gasteiger partial charge in [-0.1, -0.05) is 130 Å². The molecule has 5 heterocycles. The summed E-state index contributed by atoms with van der Waals surface area (Å²) in [4.78, 5) is 14.4. The van der Waals surface area contributed by atoms with Crippen molar-refractivity contribution in [3.05, 3.63) is 194 Å². The summed E-state index contributed by atoms with van der Waals surface area (Å²) in [6, 6.07) is 64.9. The Labute approximate surface area is 368 Å². The van der Waals surface area contributed by atoms with Crippen molar-refractivity contribution in [1.82, 2.24) is 24.1 Å². The molecule has 0 atom stereocenters. The number of hydrogen-bond donors (Lipinski definition) is 1. The van der Waals surface area contributed by atoms with Crippen LogP contribution in [0.5, 0.6) is 0 Å². The van der Waals surface area contributed by atoms with Gasteiger partial charge in [0.05, 0.1) is 33.3 Å². The Balaban J connectivity index is 1.09. The van der Waals surface area contributed by atoms with Crippen LogP contribution < -0.4 is 0 Å². The number of aromatic amines is 1. The second kappa shape index (κ2) is 13.6. The van der Waals surface area contributed by atoms with Crippen molar-refractivity contribution in [2.45, 2.75) is 26.2 Å². The van der Waals surface area contributed by atoms with Crippen LogP contribution in [0.25, 0.3) is 122 Å². The second-order valence-electron chi connectivity index (χ2n) is 17.9. The molecule has 6 heteroatoms. The number of benzene rings is 8. The zero-order valence-electron chi connectivity index (χ0n) is 35.6. The summed E-state index contributed by atoms with van der Waals surface area (Å²) < 4.78 is 11.1. The van der Waals surface area contributed by atoms with Crippen molar-refractivity contribution in [2.24, 2.45) is 0 Å². The molecule has 8 aromatic carbocycles. The Bertz CT molecular complexity index is 3990. The molecular formula is C58H41N5O. The summed E-state index contributed by atoms with van der Waals surface area (Å²) >= 11 is 0. The molecule has 13 aromatic rings. The molecule has 0 aliphatic rings. The molecule has 0 saturated heterocycles. The van der Waals surface area contributed by atoms with E-state index in [9.17, 15) is 0 Å². The summed E-state index contributed by atoms with van der Waals surface area (Å²) in [6.45, 7) is 6.91.